The molecule has 4 bridgehead atoms. The van der Waals surface area contributed by atoms with Gasteiger partial charge in [-0.3, -0.25) is 19.9 Å². The Morgan fingerprint density at radius 1 is 0.600 bits per heavy atom. The van der Waals surface area contributed by atoms with Crippen molar-refractivity contribution in [2.45, 2.75) is 253 Å². The zero-order chi connectivity index (χ0) is 63.0. The number of ether oxygens (including phenoxy) is 7. The number of benzene rings is 3. The average Bonchev–Trinajstić information content (AvgIpc) is 1.42. The molecular formula is C73H101N3O14. The Bertz CT molecular complexity index is 3020. The zero-order valence-corrected chi connectivity index (χ0v) is 53.8. The molecule has 3 N–H and O–H groups in total. The minimum absolute atomic E-state index is 0.0505. The number of aliphatic hydroxyl groups is 2. The fourth-order valence-electron chi connectivity index (χ4n) is 17.0. The van der Waals surface area contributed by atoms with E-state index in [0.717, 1.165) is 144 Å². The molecule has 13 rings (SSSR count). The monoisotopic (exact) mass is 1240 g/mol. The summed E-state index contributed by atoms with van der Waals surface area (Å²) in [6.07, 6.45) is 31.5. The summed E-state index contributed by atoms with van der Waals surface area (Å²) < 4.78 is 39.3. The Labute approximate surface area is 533 Å². The lowest BCUT2D eigenvalue weighted by Gasteiger charge is -2.63. The molecule has 492 valence electrons. The van der Waals surface area contributed by atoms with Crippen LogP contribution in [0.5, 0.6) is 28.7 Å². The van der Waals surface area contributed by atoms with Crippen molar-refractivity contribution in [1.82, 2.24) is 9.80 Å². The number of phenols is 1. The normalized spacial score (nSPS) is 27.7. The molecule has 17 nitrogen and oxygen atoms in total. The first-order valence-electron chi connectivity index (χ1n) is 34.8. The Kier molecular flexibility index (Phi) is 21.1. The Morgan fingerprint density at radius 3 is 1.54 bits per heavy atom. The summed E-state index contributed by atoms with van der Waals surface area (Å²) in [5.41, 5.74) is 4.20. The number of aromatic hydroxyl groups is 1. The second-order valence-electron chi connectivity index (χ2n) is 27.9. The molecule has 3 aromatic rings. The van der Waals surface area contributed by atoms with Gasteiger partial charge in [-0.1, -0.05) is 142 Å². The molecule has 0 aromatic heterocycles. The third kappa shape index (κ3) is 13.5. The number of carbonyl (C=O) groups excluding carboxylic acids is 2. The summed E-state index contributed by atoms with van der Waals surface area (Å²) in [6.45, 7) is 17.8. The molecule has 6 aliphatic carbocycles. The molecule has 17 heteroatoms. The lowest BCUT2D eigenvalue weighted by molar-refractivity contribution is -0.384. The van der Waals surface area contributed by atoms with Crippen molar-refractivity contribution in [3.8, 4) is 28.7 Å². The molecular weight excluding hydrogens is 1140 g/mol. The first kappa shape index (κ1) is 65.6. The fourth-order valence-corrected chi connectivity index (χ4v) is 17.0. The fraction of sp³-hybridized carbons (Fsp3) is 0.671. The van der Waals surface area contributed by atoms with Crippen molar-refractivity contribution in [3.05, 3.63) is 105 Å². The molecule has 0 radical (unpaired) electrons. The number of rotatable bonds is 29. The topological polar surface area (TPSA) is 209 Å². The highest BCUT2D eigenvalue weighted by atomic mass is 16.8. The maximum atomic E-state index is 12.5. The third-order valence-electron chi connectivity index (χ3n) is 22.0. The largest absolute Gasteiger partial charge is 0.513 e. The van der Waals surface area contributed by atoms with E-state index >= 15 is 0 Å². The maximum absolute atomic E-state index is 12.5. The molecule has 3 aromatic carbocycles. The van der Waals surface area contributed by atoms with Crippen molar-refractivity contribution >= 4 is 18.0 Å². The number of hydrogen-bond donors (Lipinski definition) is 3. The van der Waals surface area contributed by atoms with Crippen LogP contribution in [0.15, 0.2) is 72.8 Å². The Morgan fingerprint density at radius 2 is 1.06 bits per heavy atom. The molecule has 0 amide bonds. The predicted molar refractivity (Wildman–Crippen MR) is 344 cm³/mol. The van der Waals surface area contributed by atoms with Crippen LogP contribution >= 0.6 is 0 Å². The smallest absolute Gasteiger partial charge is 0.504 e. The van der Waals surface area contributed by atoms with Crippen LogP contribution in [0.1, 0.15) is 216 Å². The van der Waals surface area contributed by atoms with Gasteiger partial charge in [0.1, 0.15) is 18.0 Å². The molecule has 2 spiro atoms. The van der Waals surface area contributed by atoms with Gasteiger partial charge >= 0.3 is 12.3 Å². The van der Waals surface area contributed by atoms with E-state index in [4.69, 9.17) is 33.2 Å². The van der Waals surface area contributed by atoms with E-state index in [-0.39, 0.29) is 48.3 Å². The van der Waals surface area contributed by atoms with Gasteiger partial charge in [-0.05, 0) is 161 Å². The second-order valence-corrected chi connectivity index (χ2v) is 27.9. The lowest BCUT2D eigenvalue weighted by Crippen LogP contribution is -2.75. The summed E-state index contributed by atoms with van der Waals surface area (Å²) in [5.74, 6) is 3.89. The van der Waals surface area contributed by atoms with Crippen LogP contribution in [-0.2, 0) is 37.9 Å². The van der Waals surface area contributed by atoms with E-state index in [1.807, 2.05) is 12.1 Å². The average molecular weight is 1240 g/mol. The van der Waals surface area contributed by atoms with Gasteiger partial charge in [0, 0.05) is 48.4 Å². The van der Waals surface area contributed by atoms with E-state index in [1.165, 1.54) is 145 Å². The van der Waals surface area contributed by atoms with Crippen molar-refractivity contribution in [1.29, 1.82) is 0 Å². The van der Waals surface area contributed by atoms with Gasteiger partial charge in [-0.15, -0.1) is 0 Å². The number of carbonyl (C=O) groups is 2. The first-order valence-corrected chi connectivity index (χ1v) is 34.8. The summed E-state index contributed by atoms with van der Waals surface area (Å²) in [5, 5.41) is 45.5. The van der Waals surface area contributed by atoms with Gasteiger partial charge in [0.25, 0.3) is 5.69 Å². The SMILES string of the molecule is C=C1CC[C@@]2(O)C3Cc4ccc(O)c5c4[C@@]2(CCN3CC2CC2)[C@H]1O5.C=C1CC[C@@]2(O)C3Cc4ccc(OCOC(=O)OCCCCCCCCCCC)c5c4[C@@]2(CCN3CC2CC2)[C@H]1O5.CCCCCCCCCCCOC(=O)Oc1ccc([N+](=O)[O-])cc1. The van der Waals surface area contributed by atoms with Crippen molar-refractivity contribution in [3.63, 3.8) is 0 Å². The highest BCUT2D eigenvalue weighted by molar-refractivity contribution is 5.66. The van der Waals surface area contributed by atoms with E-state index in [1.54, 1.807) is 6.07 Å². The predicted octanol–water partition coefficient (Wildman–Crippen LogP) is 15.0. The number of nitrogens with zero attached hydrogens (tertiary/aromatic N) is 3. The van der Waals surface area contributed by atoms with Gasteiger partial charge in [-0.2, -0.15) is 0 Å². The Hall–Kier alpha value is -5.88. The standard InChI is InChI=1S/C34H49NO6.C21H25NO3.C18H27NO5/c1-3-4-5-6-7-8-9-10-11-20-38-32(36)40-23-39-27-15-14-26-21-28-34(37)17-16-24(2)31-33(34,29(26)30(27)41-31)18-19-35(28)22-25-12-13-25;1-12-6-7-21(24)16-10-14-4-5-15(23)18-17(14)20(21,19(12)25-18)8-9-22(16)11-13-2-3-13;1-2-3-4-5-6-7-8-9-10-15-23-18(20)24-17-13-11-16(12-14-17)19(21)22/h14-15,25,28,31,37H,2-13,16-23H2,1H3;4-5,13,16,19,23-24H,1-3,6-11H2;11-14H,2-10,15H2,1H3/t28?,31-,33-,34+;16?,19-,20-,21+;/m00./s1. The minimum Gasteiger partial charge on any atom is -0.504 e. The highest BCUT2D eigenvalue weighted by Gasteiger charge is 2.73. The summed E-state index contributed by atoms with van der Waals surface area (Å²) in [4.78, 5) is 38.8. The van der Waals surface area contributed by atoms with Crippen LogP contribution in [0.2, 0.25) is 0 Å². The Balaban J connectivity index is 0.000000147. The molecule has 2 saturated heterocycles. The second kappa shape index (κ2) is 29.0. The van der Waals surface area contributed by atoms with Crippen molar-refractivity contribution in [2.24, 2.45) is 11.8 Å². The number of unbranched alkanes of at least 4 members (excludes halogenated alkanes) is 16. The van der Waals surface area contributed by atoms with Crippen LogP contribution in [0, 0.1) is 22.0 Å². The summed E-state index contributed by atoms with van der Waals surface area (Å²) >= 11 is 0. The van der Waals surface area contributed by atoms with Crippen LogP contribution in [-0.4, -0.2) is 124 Å². The number of nitro benzene ring substituents is 1. The molecule has 6 fully saturated rings. The zero-order valence-electron chi connectivity index (χ0n) is 53.8. The molecule has 10 aliphatic rings. The van der Waals surface area contributed by atoms with E-state index in [0.29, 0.717) is 30.5 Å². The number of phenolic OH excluding ortho intramolecular Hbond substituents is 1. The van der Waals surface area contributed by atoms with Gasteiger partial charge in [0.05, 0.1) is 40.2 Å². The number of hydrogen-bond acceptors (Lipinski definition) is 16. The number of likely N-dealkylation sites (tertiary alicyclic amines) is 2. The lowest BCUT2D eigenvalue weighted by atomic mass is 9.48. The van der Waals surface area contributed by atoms with Crippen molar-refractivity contribution < 1.29 is 63.0 Å². The molecule has 8 atom stereocenters. The molecule has 4 heterocycles. The highest BCUT2D eigenvalue weighted by Crippen LogP contribution is 2.68. The number of piperidine rings is 2. The van der Waals surface area contributed by atoms with Crippen LogP contribution < -0.4 is 18.9 Å². The van der Waals surface area contributed by atoms with Gasteiger partial charge < -0.3 is 48.5 Å². The summed E-state index contributed by atoms with van der Waals surface area (Å²) in [7, 11) is 0. The minimum atomic E-state index is -0.849. The first-order chi connectivity index (χ1) is 43.6. The molecule has 4 saturated carbocycles. The number of nitro groups is 1. The van der Waals surface area contributed by atoms with Crippen LogP contribution in [0.25, 0.3) is 0 Å². The van der Waals surface area contributed by atoms with Gasteiger partial charge in [0.15, 0.2) is 23.0 Å². The summed E-state index contributed by atoms with van der Waals surface area (Å²) in [6, 6.07) is 13.4. The van der Waals surface area contributed by atoms with Gasteiger partial charge in [0.2, 0.25) is 6.79 Å². The van der Waals surface area contributed by atoms with E-state index in [9.17, 15) is 35.0 Å². The maximum Gasteiger partial charge on any atom is 0.513 e. The van der Waals surface area contributed by atoms with E-state index < -0.39 is 39.3 Å². The van der Waals surface area contributed by atoms with Gasteiger partial charge in [-0.25, -0.2) is 9.59 Å². The molecule has 90 heavy (non-hydrogen) atoms. The van der Waals surface area contributed by atoms with Crippen LogP contribution in [0.3, 0.4) is 0 Å². The number of non-ortho nitro benzene ring substituents is 1. The quantitative estimate of drug-likeness (QED) is 0.0112. The molecule has 4 aliphatic heterocycles. The van der Waals surface area contributed by atoms with Crippen molar-refractivity contribution in [2.75, 3.05) is 46.2 Å². The van der Waals surface area contributed by atoms with E-state index in [2.05, 4.69) is 42.9 Å². The molecule has 2 unspecified atom stereocenters. The van der Waals surface area contributed by atoms with Crippen LogP contribution in [0.4, 0.5) is 15.3 Å². The third-order valence-corrected chi connectivity index (χ3v) is 22.0.